The predicted molar refractivity (Wildman–Crippen MR) is 108 cm³/mol. The van der Waals surface area contributed by atoms with E-state index in [1.54, 1.807) is 25.2 Å². The van der Waals surface area contributed by atoms with Gasteiger partial charge >= 0.3 is 0 Å². The fourth-order valence-corrected chi connectivity index (χ4v) is 2.80. The van der Waals surface area contributed by atoms with Crippen molar-refractivity contribution in [3.05, 3.63) is 53.2 Å². The summed E-state index contributed by atoms with van der Waals surface area (Å²) in [5, 5.41) is 2.76. The summed E-state index contributed by atoms with van der Waals surface area (Å²) < 4.78 is 15.5. The van der Waals surface area contributed by atoms with E-state index in [2.05, 4.69) is 10.3 Å². The largest absolute Gasteiger partial charge is 0.446 e. The van der Waals surface area contributed by atoms with Crippen LogP contribution in [-0.2, 0) is 16.0 Å². The minimum absolute atomic E-state index is 0.108. The fourth-order valence-electron chi connectivity index (χ4n) is 2.80. The molecule has 0 aliphatic carbocycles. The third-order valence-electron chi connectivity index (χ3n) is 4.36. The number of nitrogens with zero attached hydrogens (tertiary/aromatic N) is 2. The lowest BCUT2D eigenvalue weighted by atomic mass is 10.1. The van der Waals surface area contributed by atoms with Crippen molar-refractivity contribution in [3.8, 4) is 0 Å². The number of carbonyl (C=O) groups is 2. The van der Waals surface area contributed by atoms with Gasteiger partial charge in [0.25, 0.3) is 11.8 Å². The summed E-state index contributed by atoms with van der Waals surface area (Å²) in [6, 6.07) is 7.44. The maximum absolute atomic E-state index is 13.0. The van der Waals surface area contributed by atoms with Crippen LogP contribution in [0.4, 0.5) is 0 Å². The SMILES string of the molecule is COCCCNC(=O)c1coc(CN(CCCOC)C(=O)c2ccccc2C)n1. The molecule has 0 fully saturated rings. The number of hydrogen-bond acceptors (Lipinski definition) is 6. The van der Waals surface area contributed by atoms with E-state index in [1.165, 1.54) is 6.26 Å². The van der Waals surface area contributed by atoms with E-state index in [4.69, 9.17) is 13.9 Å². The number of oxazole rings is 1. The van der Waals surface area contributed by atoms with Gasteiger partial charge in [0.15, 0.2) is 5.69 Å². The molecule has 8 heteroatoms. The molecular weight excluding hydrogens is 374 g/mol. The zero-order valence-corrected chi connectivity index (χ0v) is 17.3. The van der Waals surface area contributed by atoms with Crippen molar-refractivity contribution in [1.82, 2.24) is 15.2 Å². The van der Waals surface area contributed by atoms with Gasteiger partial charge in [0, 0.05) is 46.1 Å². The first-order valence-corrected chi connectivity index (χ1v) is 9.62. The molecule has 1 N–H and O–H groups in total. The van der Waals surface area contributed by atoms with Gasteiger partial charge in [0.05, 0.1) is 6.54 Å². The van der Waals surface area contributed by atoms with Crippen LogP contribution in [0.15, 0.2) is 34.9 Å². The second-order valence-electron chi connectivity index (χ2n) is 6.62. The summed E-state index contributed by atoms with van der Waals surface area (Å²) >= 11 is 0. The molecule has 0 aliphatic rings. The number of benzene rings is 1. The van der Waals surface area contributed by atoms with E-state index < -0.39 is 0 Å². The molecule has 0 atom stereocenters. The van der Waals surface area contributed by atoms with Crippen molar-refractivity contribution in [2.75, 3.05) is 40.5 Å². The van der Waals surface area contributed by atoms with Crippen LogP contribution >= 0.6 is 0 Å². The first-order valence-electron chi connectivity index (χ1n) is 9.62. The minimum Gasteiger partial charge on any atom is -0.446 e. The Labute approximate surface area is 171 Å². The van der Waals surface area contributed by atoms with Crippen LogP contribution in [0.1, 0.15) is 45.1 Å². The maximum Gasteiger partial charge on any atom is 0.273 e. The Morgan fingerprint density at radius 1 is 1.14 bits per heavy atom. The van der Waals surface area contributed by atoms with Crippen LogP contribution in [0.2, 0.25) is 0 Å². The average molecular weight is 403 g/mol. The van der Waals surface area contributed by atoms with Gasteiger partial charge in [0.2, 0.25) is 5.89 Å². The molecule has 29 heavy (non-hydrogen) atoms. The van der Waals surface area contributed by atoms with Gasteiger partial charge in [0.1, 0.15) is 6.26 Å². The number of carbonyl (C=O) groups excluding carboxylic acids is 2. The first kappa shape index (κ1) is 22.6. The second kappa shape index (κ2) is 12.0. The molecule has 0 saturated carbocycles. The van der Waals surface area contributed by atoms with E-state index in [0.29, 0.717) is 50.6 Å². The lowest BCUT2D eigenvalue weighted by Crippen LogP contribution is -2.32. The summed E-state index contributed by atoms with van der Waals surface area (Å²) in [5.74, 6) is -0.110. The smallest absolute Gasteiger partial charge is 0.273 e. The minimum atomic E-state index is -0.313. The van der Waals surface area contributed by atoms with Gasteiger partial charge in [-0.1, -0.05) is 18.2 Å². The van der Waals surface area contributed by atoms with Crippen LogP contribution in [0.25, 0.3) is 0 Å². The van der Waals surface area contributed by atoms with Crippen molar-refractivity contribution in [2.45, 2.75) is 26.3 Å². The summed E-state index contributed by atoms with van der Waals surface area (Å²) in [6.45, 7) is 4.16. The molecular formula is C21H29N3O5. The summed E-state index contributed by atoms with van der Waals surface area (Å²) in [6.07, 6.45) is 2.71. The van der Waals surface area contributed by atoms with E-state index in [0.717, 1.165) is 5.56 Å². The maximum atomic E-state index is 13.0. The Balaban J connectivity index is 2.05. The molecule has 158 valence electrons. The molecule has 1 aromatic carbocycles. The van der Waals surface area contributed by atoms with Crippen LogP contribution in [0.5, 0.6) is 0 Å². The van der Waals surface area contributed by atoms with Crippen molar-refractivity contribution in [3.63, 3.8) is 0 Å². The fraction of sp³-hybridized carbons (Fsp3) is 0.476. The Hall–Kier alpha value is -2.71. The monoisotopic (exact) mass is 403 g/mol. The van der Waals surface area contributed by atoms with E-state index in [1.807, 2.05) is 25.1 Å². The highest BCUT2D eigenvalue weighted by Crippen LogP contribution is 2.14. The Morgan fingerprint density at radius 3 is 2.59 bits per heavy atom. The molecule has 2 aromatic rings. The second-order valence-corrected chi connectivity index (χ2v) is 6.62. The molecule has 2 rings (SSSR count). The van der Waals surface area contributed by atoms with Crippen molar-refractivity contribution in [2.24, 2.45) is 0 Å². The number of methoxy groups -OCH3 is 2. The predicted octanol–water partition coefficient (Wildman–Crippen LogP) is 2.43. The molecule has 2 amide bonds. The zero-order valence-electron chi connectivity index (χ0n) is 17.3. The zero-order chi connectivity index (χ0) is 21.1. The number of nitrogens with one attached hydrogen (secondary N) is 1. The van der Waals surface area contributed by atoms with Gasteiger partial charge in [-0.25, -0.2) is 4.98 Å². The van der Waals surface area contributed by atoms with Crippen molar-refractivity contribution in [1.29, 1.82) is 0 Å². The third kappa shape index (κ3) is 6.99. The topological polar surface area (TPSA) is 93.9 Å². The van der Waals surface area contributed by atoms with E-state index >= 15 is 0 Å². The van der Waals surface area contributed by atoms with Gasteiger partial charge < -0.3 is 24.1 Å². The summed E-state index contributed by atoms with van der Waals surface area (Å²) in [5.41, 5.74) is 1.72. The molecule has 0 unspecified atom stereocenters. The van der Waals surface area contributed by atoms with Crippen molar-refractivity contribution < 1.29 is 23.5 Å². The Morgan fingerprint density at radius 2 is 1.86 bits per heavy atom. The molecule has 1 aromatic heterocycles. The lowest BCUT2D eigenvalue weighted by Gasteiger charge is -2.22. The molecule has 0 aliphatic heterocycles. The van der Waals surface area contributed by atoms with E-state index in [9.17, 15) is 9.59 Å². The number of hydrogen-bond donors (Lipinski definition) is 1. The number of ether oxygens (including phenoxy) is 2. The number of aryl methyl sites for hydroxylation is 1. The number of aromatic nitrogens is 1. The quantitative estimate of drug-likeness (QED) is 0.547. The third-order valence-corrected chi connectivity index (χ3v) is 4.36. The number of amides is 2. The molecule has 0 radical (unpaired) electrons. The van der Waals surface area contributed by atoms with Crippen molar-refractivity contribution >= 4 is 11.8 Å². The molecule has 0 spiro atoms. The van der Waals surface area contributed by atoms with Crippen LogP contribution < -0.4 is 5.32 Å². The number of rotatable bonds is 12. The Bertz CT molecular complexity index is 790. The van der Waals surface area contributed by atoms with Gasteiger partial charge in [-0.05, 0) is 31.4 Å². The van der Waals surface area contributed by atoms with Gasteiger partial charge in [-0.15, -0.1) is 0 Å². The van der Waals surface area contributed by atoms with Gasteiger partial charge in [-0.2, -0.15) is 0 Å². The molecule has 0 bridgehead atoms. The normalized spacial score (nSPS) is 10.7. The standard InChI is InChI=1S/C21H29N3O5/c1-16-8-4-5-9-17(16)21(26)24(11-7-13-28-3)14-19-23-18(15-29-19)20(25)22-10-6-12-27-2/h4-5,8-9,15H,6-7,10-14H2,1-3H3,(H,22,25). The highest BCUT2D eigenvalue weighted by atomic mass is 16.5. The summed E-state index contributed by atoms with van der Waals surface area (Å²) in [7, 11) is 3.24. The average Bonchev–Trinajstić information content (AvgIpc) is 3.19. The Kier molecular flexibility index (Phi) is 9.33. The summed E-state index contributed by atoms with van der Waals surface area (Å²) in [4.78, 5) is 31.1. The molecule has 8 nitrogen and oxygen atoms in total. The van der Waals surface area contributed by atoms with Crippen LogP contribution in [0, 0.1) is 6.92 Å². The first-order chi connectivity index (χ1) is 14.1. The highest BCUT2D eigenvalue weighted by Gasteiger charge is 2.20. The highest BCUT2D eigenvalue weighted by molar-refractivity contribution is 5.95. The van der Waals surface area contributed by atoms with Crippen LogP contribution in [-0.4, -0.2) is 62.2 Å². The lowest BCUT2D eigenvalue weighted by molar-refractivity contribution is 0.0707. The van der Waals surface area contributed by atoms with Crippen LogP contribution in [0.3, 0.4) is 0 Å². The molecule has 1 heterocycles. The van der Waals surface area contributed by atoms with E-state index in [-0.39, 0.29) is 24.1 Å². The van der Waals surface area contributed by atoms with Gasteiger partial charge in [-0.3, -0.25) is 9.59 Å². The molecule has 0 saturated heterocycles.